The number of hydrogen-bond acceptors (Lipinski definition) is 2. The van der Waals surface area contributed by atoms with Crippen LogP contribution in [-0.4, -0.2) is 18.0 Å². The van der Waals surface area contributed by atoms with E-state index in [0.29, 0.717) is 0 Å². The van der Waals surface area contributed by atoms with Gasteiger partial charge in [0.15, 0.2) is 6.30 Å². The lowest BCUT2D eigenvalue weighted by Gasteiger charge is -2.22. The zero-order valence-electron chi connectivity index (χ0n) is 11.0. The zero-order valence-corrected chi connectivity index (χ0v) is 11.0. The number of hydrogen-bond donors (Lipinski definition) is 1. The Morgan fingerprint density at radius 1 is 1.06 bits per heavy atom. The SMILES string of the molecule is CC(C)(C)C(=O)C[C@@H](F)NC(=O)C(C)(C)C. The van der Waals surface area contributed by atoms with Crippen LogP contribution in [0.15, 0.2) is 0 Å². The number of carbonyl (C=O) groups is 2. The molecule has 94 valence electrons. The molecule has 0 fully saturated rings. The topological polar surface area (TPSA) is 46.2 Å². The maximum absolute atomic E-state index is 13.4. The summed E-state index contributed by atoms with van der Waals surface area (Å²) in [5, 5.41) is 2.20. The summed E-state index contributed by atoms with van der Waals surface area (Å²) in [5.41, 5.74) is -1.22. The molecule has 0 aliphatic carbocycles. The van der Waals surface area contributed by atoms with E-state index in [9.17, 15) is 14.0 Å². The molecule has 0 spiro atoms. The van der Waals surface area contributed by atoms with Crippen molar-refractivity contribution in [2.24, 2.45) is 10.8 Å². The fourth-order valence-corrected chi connectivity index (χ4v) is 0.879. The fraction of sp³-hybridized carbons (Fsp3) is 0.833. The second kappa shape index (κ2) is 4.93. The summed E-state index contributed by atoms with van der Waals surface area (Å²) in [6, 6.07) is 0. The lowest BCUT2D eigenvalue weighted by molar-refractivity contribution is -0.132. The molecule has 0 aliphatic heterocycles. The van der Waals surface area contributed by atoms with E-state index < -0.39 is 17.1 Å². The third-order valence-corrected chi connectivity index (χ3v) is 2.17. The molecule has 0 aromatic rings. The largest absolute Gasteiger partial charge is 0.326 e. The lowest BCUT2D eigenvalue weighted by Crippen LogP contribution is -2.41. The summed E-state index contributed by atoms with van der Waals surface area (Å²) < 4.78 is 13.4. The quantitative estimate of drug-likeness (QED) is 0.758. The zero-order chi connectivity index (χ0) is 13.1. The van der Waals surface area contributed by atoms with E-state index in [1.165, 1.54) is 0 Å². The van der Waals surface area contributed by atoms with Gasteiger partial charge in [-0.25, -0.2) is 4.39 Å². The highest BCUT2D eigenvalue weighted by molar-refractivity contribution is 5.85. The maximum atomic E-state index is 13.4. The van der Waals surface area contributed by atoms with Crippen molar-refractivity contribution < 1.29 is 14.0 Å². The Bertz CT molecular complexity index is 246. The molecule has 16 heavy (non-hydrogen) atoms. The van der Waals surface area contributed by atoms with E-state index in [-0.39, 0.29) is 18.1 Å². The highest BCUT2D eigenvalue weighted by Crippen LogP contribution is 2.19. The van der Waals surface area contributed by atoms with Crippen molar-refractivity contribution in [3.63, 3.8) is 0 Å². The summed E-state index contributed by atoms with van der Waals surface area (Å²) in [7, 11) is 0. The monoisotopic (exact) mass is 231 g/mol. The number of alkyl halides is 1. The van der Waals surface area contributed by atoms with Crippen molar-refractivity contribution in [2.45, 2.75) is 54.3 Å². The van der Waals surface area contributed by atoms with Gasteiger partial charge in [0.05, 0.1) is 6.42 Å². The number of Topliss-reactive ketones (excluding diaryl/α,β-unsaturated/α-hetero) is 1. The van der Waals surface area contributed by atoms with Gasteiger partial charge < -0.3 is 5.32 Å². The first-order valence-corrected chi connectivity index (χ1v) is 5.43. The van der Waals surface area contributed by atoms with Crippen LogP contribution in [0, 0.1) is 10.8 Å². The molecule has 0 rings (SSSR count). The first-order chi connectivity index (χ1) is 6.94. The molecule has 0 saturated carbocycles. The molecule has 0 unspecified atom stereocenters. The van der Waals surface area contributed by atoms with Gasteiger partial charge in [-0.2, -0.15) is 0 Å². The number of ketones is 1. The number of rotatable bonds is 3. The molecule has 1 atom stereocenters. The van der Waals surface area contributed by atoms with E-state index in [1.807, 2.05) is 0 Å². The van der Waals surface area contributed by atoms with Crippen LogP contribution < -0.4 is 5.32 Å². The molecule has 1 N–H and O–H groups in total. The van der Waals surface area contributed by atoms with E-state index in [2.05, 4.69) is 5.32 Å². The van der Waals surface area contributed by atoms with Crippen molar-refractivity contribution in [3.05, 3.63) is 0 Å². The van der Waals surface area contributed by atoms with Crippen molar-refractivity contribution in [3.8, 4) is 0 Å². The summed E-state index contributed by atoms with van der Waals surface area (Å²) in [4.78, 5) is 23.0. The maximum Gasteiger partial charge on any atom is 0.227 e. The second-order valence-corrected chi connectivity index (χ2v) is 6.07. The van der Waals surface area contributed by atoms with Crippen LogP contribution in [0.25, 0.3) is 0 Å². The van der Waals surface area contributed by atoms with Crippen LogP contribution in [0.5, 0.6) is 0 Å². The molecule has 0 aliphatic rings. The van der Waals surface area contributed by atoms with Gasteiger partial charge in [-0.1, -0.05) is 41.5 Å². The Labute approximate surface area is 96.8 Å². The van der Waals surface area contributed by atoms with Crippen molar-refractivity contribution in [1.82, 2.24) is 5.32 Å². The normalized spacial score (nSPS) is 14.4. The summed E-state index contributed by atoms with van der Waals surface area (Å²) in [6.07, 6.45) is -1.87. The third kappa shape index (κ3) is 5.24. The average molecular weight is 231 g/mol. The Morgan fingerprint density at radius 2 is 1.50 bits per heavy atom. The average Bonchev–Trinajstić information content (AvgIpc) is 1.99. The number of nitrogens with one attached hydrogen (secondary N) is 1. The van der Waals surface area contributed by atoms with Crippen LogP contribution in [-0.2, 0) is 9.59 Å². The molecule has 3 nitrogen and oxygen atoms in total. The predicted molar refractivity (Wildman–Crippen MR) is 61.6 cm³/mol. The fourth-order valence-electron chi connectivity index (χ4n) is 0.879. The number of carbonyl (C=O) groups excluding carboxylic acids is 2. The van der Waals surface area contributed by atoms with Gasteiger partial charge >= 0.3 is 0 Å². The summed E-state index contributed by atoms with van der Waals surface area (Å²) in [5.74, 6) is -0.587. The molecule has 0 radical (unpaired) electrons. The molecule has 4 heteroatoms. The minimum atomic E-state index is -1.60. The molecule has 0 aromatic carbocycles. The van der Waals surface area contributed by atoms with E-state index in [0.717, 1.165) is 0 Å². The summed E-state index contributed by atoms with van der Waals surface area (Å²) in [6.45, 7) is 10.3. The van der Waals surface area contributed by atoms with Gasteiger partial charge in [0.1, 0.15) is 5.78 Å². The van der Waals surface area contributed by atoms with E-state index in [1.54, 1.807) is 41.5 Å². The molecular weight excluding hydrogens is 209 g/mol. The minimum absolute atomic E-state index is 0.200. The van der Waals surface area contributed by atoms with Crippen LogP contribution in [0.2, 0.25) is 0 Å². The number of halogens is 1. The predicted octanol–water partition coefficient (Wildman–Crippen LogP) is 2.45. The van der Waals surface area contributed by atoms with Crippen molar-refractivity contribution in [2.75, 3.05) is 0 Å². The second-order valence-electron chi connectivity index (χ2n) is 6.07. The Morgan fingerprint density at radius 3 is 1.81 bits per heavy atom. The smallest absolute Gasteiger partial charge is 0.227 e. The Hall–Kier alpha value is -0.930. The first-order valence-electron chi connectivity index (χ1n) is 5.43. The van der Waals surface area contributed by atoms with Crippen LogP contribution >= 0.6 is 0 Å². The molecule has 0 saturated heterocycles. The van der Waals surface area contributed by atoms with Gasteiger partial charge in [0.2, 0.25) is 5.91 Å². The van der Waals surface area contributed by atoms with Gasteiger partial charge in [0.25, 0.3) is 0 Å². The highest BCUT2D eigenvalue weighted by Gasteiger charge is 2.28. The molecule has 0 heterocycles. The van der Waals surface area contributed by atoms with Crippen LogP contribution in [0.4, 0.5) is 4.39 Å². The van der Waals surface area contributed by atoms with Crippen LogP contribution in [0.3, 0.4) is 0 Å². The van der Waals surface area contributed by atoms with E-state index in [4.69, 9.17) is 0 Å². The third-order valence-electron chi connectivity index (χ3n) is 2.17. The first kappa shape index (κ1) is 15.1. The molecular formula is C12H22FNO2. The van der Waals surface area contributed by atoms with Crippen molar-refractivity contribution in [1.29, 1.82) is 0 Å². The molecule has 0 bridgehead atoms. The van der Waals surface area contributed by atoms with Gasteiger partial charge in [0, 0.05) is 10.8 Å². The standard InChI is InChI=1S/C12H22FNO2/c1-11(2,3)8(15)7-9(13)14-10(16)12(4,5)6/h9H,7H2,1-6H3,(H,14,16)/t9-/m0/s1. The van der Waals surface area contributed by atoms with Crippen molar-refractivity contribution >= 4 is 11.7 Å². The minimum Gasteiger partial charge on any atom is -0.326 e. The lowest BCUT2D eigenvalue weighted by atomic mass is 9.88. The van der Waals surface area contributed by atoms with Crippen LogP contribution in [0.1, 0.15) is 48.0 Å². The van der Waals surface area contributed by atoms with E-state index >= 15 is 0 Å². The van der Waals surface area contributed by atoms with Gasteiger partial charge in [-0.3, -0.25) is 9.59 Å². The van der Waals surface area contributed by atoms with Gasteiger partial charge in [-0.05, 0) is 0 Å². The Kier molecular flexibility index (Phi) is 4.65. The molecule has 0 aromatic heterocycles. The van der Waals surface area contributed by atoms with Gasteiger partial charge in [-0.15, -0.1) is 0 Å². The highest BCUT2D eigenvalue weighted by atomic mass is 19.1. The Balaban J connectivity index is 4.26. The summed E-state index contributed by atoms with van der Waals surface area (Å²) >= 11 is 0. The number of amides is 1. The molecule has 1 amide bonds.